The van der Waals surface area contributed by atoms with Crippen molar-refractivity contribution in [3.05, 3.63) is 35.4 Å². The maximum Gasteiger partial charge on any atom is 0.148 e. The van der Waals surface area contributed by atoms with Crippen LogP contribution in [0.25, 0.3) is 0 Å². The Bertz CT molecular complexity index is 445. The third-order valence-electron chi connectivity index (χ3n) is 2.77. The summed E-state index contributed by atoms with van der Waals surface area (Å²) in [6.07, 6.45) is -1.37. The number of aliphatic hydroxyl groups excluding tert-OH is 1. The van der Waals surface area contributed by atoms with Gasteiger partial charge in [-0.2, -0.15) is 0 Å². The third-order valence-corrected chi connectivity index (χ3v) is 4.45. The number of hydrogen-bond donors (Lipinski definition) is 2. The maximum atomic E-state index is 13.4. The molecule has 0 aromatic heterocycles. The van der Waals surface area contributed by atoms with Crippen LogP contribution in [0.5, 0.6) is 0 Å². The molecule has 0 fully saturated rings. The van der Waals surface area contributed by atoms with Gasteiger partial charge in [-0.1, -0.05) is 24.3 Å². The van der Waals surface area contributed by atoms with Crippen molar-refractivity contribution in [1.29, 1.82) is 0 Å². The minimum absolute atomic E-state index is 0.147. The van der Waals surface area contributed by atoms with E-state index in [2.05, 4.69) is 4.72 Å². The van der Waals surface area contributed by atoms with Gasteiger partial charge in [0.05, 0.1) is 22.3 Å². The molecule has 0 aliphatic rings. The van der Waals surface area contributed by atoms with Gasteiger partial charge < -0.3 is 5.11 Å². The predicted octanol–water partition coefficient (Wildman–Crippen LogP) is 2.80. The van der Waals surface area contributed by atoms with Crippen molar-refractivity contribution in [2.75, 3.05) is 6.61 Å². The van der Waals surface area contributed by atoms with Gasteiger partial charge in [0.1, 0.15) is 6.17 Å². The van der Waals surface area contributed by atoms with Crippen LogP contribution in [-0.2, 0) is 11.0 Å². The number of benzene rings is 1. The van der Waals surface area contributed by atoms with E-state index in [1.54, 1.807) is 18.2 Å². The van der Waals surface area contributed by atoms with Gasteiger partial charge in [-0.3, -0.25) is 0 Å². The highest BCUT2D eigenvalue weighted by Gasteiger charge is 2.22. The first-order valence-corrected chi connectivity index (χ1v) is 7.43. The SMILES string of the molecule is C[C@@H](NS(=O)C(C)(C)C)c1cccc(C(F)CO)c1. The second kappa shape index (κ2) is 6.59. The molecule has 108 valence electrons. The fourth-order valence-corrected chi connectivity index (χ4v) is 2.34. The summed E-state index contributed by atoms with van der Waals surface area (Å²) >= 11 is 0. The maximum absolute atomic E-state index is 13.4. The van der Waals surface area contributed by atoms with Gasteiger partial charge in [-0.25, -0.2) is 13.3 Å². The first kappa shape index (κ1) is 16.3. The van der Waals surface area contributed by atoms with E-state index in [-0.39, 0.29) is 10.8 Å². The first-order chi connectivity index (χ1) is 8.75. The molecular weight excluding hydrogens is 265 g/mol. The zero-order chi connectivity index (χ0) is 14.6. The molecule has 0 amide bonds. The van der Waals surface area contributed by atoms with Crippen molar-refractivity contribution >= 4 is 11.0 Å². The number of alkyl halides is 1. The molecule has 0 saturated heterocycles. The van der Waals surface area contributed by atoms with E-state index in [0.29, 0.717) is 5.56 Å². The molecule has 0 heterocycles. The molecule has 0 aliphatic carbocycles. The molecule has 3 nitrogen and oxygen atoms in total. The molecule has 0 bridgehead atoms. The molecule has 2 unspecified atom stereocenters. The van der Waals surface area contributed by atoms with Gasteiger partial charge in [-0.15, -0.1) is 0 Å². The lowest BCUT2D eigenvalue weighted by Gasteiger charge is -2.22. The summed E-state index contributed by atoms with van der Waals surface area (Å²) in [4.78, 5) is 0. The second-order valence-corrected chi connectivity index (χ2v) is 7.54. The Kier molecular flexibility index (Phi) is 5.64. The monoisotopic (exact) mass is 287 g/mol. The minimum Gasteiger partial charge on any atom is -0.393 e. The molecule has 0 aliphatic heterocycles. The molecule has 0 radical (unpaired) electrons. The average molecular weight is 287 g/mol. The fourth-order valence-electron chi connectivity index (χ4n) is 1.53. The van der Waals surface area contributed by atoms with Crippen molar-refractivity contribution < 1.29 is 13.7 Å². The van der Waals surface area contributed by atoms with Gasteiger partial charge >= 0.3 is 0 Å². The summed E-state index contributed by atoms with van der Waals surface area (Å²) in [5, 5.41) is 8.83. The van der Waals surface area contributed by atoms with Crippen molar-refractivity contribution in [3.8, 4) is 0 Å². The van der Waals surface area contributed by atoms with E-state index in [0.717, 1.165) is 5.56 Å². The first-order valence-electron chi connectivity index (χ1n) is 6.28. The number of aliphatic hydroxyl groups is 1. The predicted molar refractivity (Wildman–Crippen MR) is 76.8 cm³/mol. The summed E-state index contributed by atoms with van der Waals surface area (Å²) in [5.41, 5.74) is 1.29. The summed E-state index contributed by atoms with van der Waals surface area (Å²) < 4.78 is 28.1. The highest BCUT2D eigenvalue weighted by atomic mass is 32.2. The Balaban J connectivity index is 2.83. The molecule has 0 spiro atoms. The molecule has 5 heteroatoms. The molecule has 1 rings (SSSR count). The molecule has 3 atom stereocenters. The summed E-state index contributed by atoms with van der Waals surface area (Å²) in [6, 6.07) is 6.78. The van der Waals surface area contributed by atoms with Crippen LogP contribution in [0.1, 0.15) is 51.0 Å². The molecule has 19 heavy (non-hydrogen) atoms. The van der Waals surface area contributed by atoms with E-state index in [9.17, 15) is 8.60 Å². The molecule has 1 aromatic rings. The van der Waals surface area contributed by atoms with E-state index < -0.39 is 23.8 Å². The van der Waals surface area contributed by atoms with Crippen LogP contribution in [0, 0.1) is 0 Å². The smallest absolute Gasteiger partial charge is 0.148 e. The number of nitrogens with one attached hydrogen (secondary N) is 1. The Morgan fingerprint density at radius 1 is 1.37 bits per heavy atom. The van der Waals surface area contributed by atoms with Crippen molar-refractivity contribution in [3.63, 3.8) is 0 Å². The molecule has 0 saturated carbocycles. The van der Waals surface area contributed by atoms with Crippen molar-refractivity contribution in [1.82, 2.24) is 4.72 Å². The van der Waals surface area contributed by atoms with Crippen LogP contribution in [-0.4, -0.2) is 20.7 Å². The Morgan fingerprint density at radius 3 is 2.47 bits per heavy atom. The summed E-state index contributed by atoms with van der Waals surface area (Å²) in [6.45, 7) is 7.03. The zero-order valence-electron chi connectivity index (χ0n) is 11.8. The lowest BCUT2D eigenvalue weighted by Crippen LogP contribution is -2.34. The lowest BCUT2D eigenvalue weighted by molar-refractivity contribution is 0.180. The number of hydrogen-bond acceptors (Lipinski definition) is 2. The van der Waals surface area contributed by atoms with Gasteiger partial charge in [0.15, 0.2) is 0 Å². The fraction of sp³-hybridized carbons (Fsp3) is 0.571. The Hall–Kier alpha value is -0.780. The second-order valence-electron chi connectivity index (χ2n) is 5.54. The number of halogens is 1. The van der Waals surface area contributed by atoms with E-state index in [1.807, 2.05) is 33.8 Å². The van der Waals surface area contributed by atoms with Crippen LogP contribution in [0.3, 0.4) is 0 Å². The number of rotatable bonds is 5. The Labute approximate surface area is 116 Å². The standard InChI is InChI=1S/C14H22FNO2S/c1-10(16-19(18)14(2,3)4)11-6-5-7-12(8-11)13(15)9-17/h5-8,10,13,16-17H,9H2,1-4H3/t10-,13?,19?/m1/s1. The molecule has 2 N–H and O–H groups in total. The van der Waals surface area contributed by atoms with Gasteiger partial charge in [0.25, 0.3) is 0 Å². The van der Waals surface area contributed by atoms with Gasteiger partial charge in [0.2, 0.25) is 0 Å². The van der Waals surface area contributed by atoms with E-state index in [1.165, 1.54) is 0 Å². The lowest BCUT2D eigenvalue weighted by atomic mass is 10.0. The topological polar surface area (TPSA) is 49.3 Å². The Morgan fingerprint density at radius 2 is 1.95 bits per heavy atom. The van der Waals surface area contributed by atoms with Crippen LogP contribution in [0.2, 0.25) is 0 Å². The minimum atomic E-state index is -1.37. The quantitative estimate of drug-likeness (QED) is 0.875. The van der Waals surface area contributed by atoms with Gasteiger partial charge in [0, 0.05) is 6.04 Å². The summed E-state index contributed by atoms with van der Waals surface area (Å²) in [5.74, 6) is 0. The van der Waals surface area contributed by atoms with Crippen LogP contribution < -0.4 is 4.72 Å². The third kappa shape index (κ3) is 4.67. The zero-order valence-corrected chi connectivity index (χ0v) is 12.6. The van der Waals surface area contributed by atoms with Crippen LogP contribution >= 0.6 is 0 Å². The molecule has 1 aromatic carbocycles. The highest BCUT2D eigenvalue weighted by molar-refractivity contribution is 7.84. The normalized spacial score (nSPS) is 16.9. The van der Waals surface area contributed by atoms with E-state index >= 15 is 0 Å². The van der Waals surface area contributed by atoms with Gasteiger partial charge in [-0.05, 0) is 38.8 Å². The van der Waals surface area contributed by atoms with E-state index in [4.69, 9.17) is 5.11 Å². The molecular formula is C14H22FNO2S. The average Bonchev–Trinajstić information content (AvgIpc) is 2.36. The van der Waals surface area contributed by atoms with Crippen LogP contribution in [0.4, 0.5) is 4.39 Å². The summed E-state index contributed by atoms with van der Waals surface area (Å²) in [7, 11) is -1.18. The highest BCUT2D eigenvalue weighted by Crippen LogP contribution is 2.22. The largest absolute Gasteiger partial charge is 0.393 e. The van der Waals surface area contributed by atoms with Crippen LogP contribution in [0.15, 0.2) is 24.3 Å². The van der Waals surface area contributed by atoms with Crippen molar-refractivity contribution in [2.24, 2.45) is 0 Å². The van der Waals surface area contributed by atoms with Crippen molar-refractivity contribution in [2.45, 2.75) is 44.7 Å².